The summed E-state index contributed by atoms with van der Waals surface area (Å²) in [7, 11) is 2.05. The number of rotatable bonds is 11. The van der Waals surface area contributed by atoms with E-state index in [1.165, 1.54) is 6.26 Å². The van der Waals surface area contributed by atoms with Crippen molar-refractivity contribution in [2.24, 2.45) is 0 Å². The molecule has 0 saturated carbocycles. The van der Waals surface area contributed by atoms with Gasteiger partial charge in [0.15, 0.2) is 21.3 Å². The Balaban J connectivity index is 1.41. The van der Waals surface area contributed by atoms with Crippen LogP contribution in [0.4, 0.5) is 0 Å². The summed E-state index contributed by atoms with van der Waals surface area (Å²) in [6.07, 6.45) is 2.07. The van der Waals surface area contributed by atoms with Gasteiger partial charge in [0, 0.05) is 24.2 Å². The van der Waals surface area contributed by atoms with Gasteiger partial charge in [-0.15, -0.1) is 11.3 Å². The zero-order chi connectivity index (χ0) is 29.9. The number of ether oxygens (including phenoxy) is 2. The van der Waals surface area contributed by atoms with Crippen molar-refractivity contribution in [2.75, 3.05) is 34.1 Å². The Bertz CT molecular complexity index is 1810. The summed E-state index contributed by atoms with van der Waals surface area (Å²) in [5, 5.41) is 5.58. The van der Waals surface area contributed by atoms with Crippen molar-refractivity contribution in [1.82, 2.24) is 14.7 Å². The van der Waals surface area contributed by atoms with Crippen molar-refractivity contribution in [3.63, 3.8) is 0 Å². The summed E-state index contributed by atoms with van der Waals surface area (Å²) in [6.45, 7) is 1.47. The smallest absolute Gasteiger partial charge is 0.175 e. The number of likely N-dealkylation sites (N-methyl/N-ethyl adjacent to an activating group) is 1. The molecule has 3 aromatic carbocycles. The third-order valence-corrected chi connectivity index (χ3v) is 9.49. The number of para-hydroxylation sites is 1. The molecule has 0 aliphatic carbocycles. The summed E-state index contributed by atoms with van der Waals surface area (Å²) < 4.78 is 36.9. The molecule has 0 unspecified atom stereocenters. The fraction of sp³-hybridized carbons (Fsp3) is 0.219. The highest BCUT2D eigenvalue weighted by Crippen LogP contribution is 2.37. The van der Waals surface area contributed by atoms with Crippen LogP contribution in [0.25, 0.3) is 26.7 Å². The Morgan fingerprint density at radius 3 is 2.40 bits per heavy atom. The van der Waals surface area contributed by atoms with Crippen LogP contribution in [0.2, 0.25) is 5.02 Å². The van der Waals surface area contributed by atoms with E-state index in [0.29, 0.717) is 22.2 Å². The minimum Gasteiger partial charge on any atom is -0.493 e. The maximum Gasteiger partial charge on any atom is 0.175 e. The minimum atomic E-state index is -3.30. The minimum absolute atomic E-state index is 0.300. The van der Waals surface area contributed by atoms with Crippen LogP contribution in [-0.2, 0) is 22.8 Å². The number of benzene rings is 3. The first-order valence-electron chi connectivity index (χ1n) is 13.3. The Morgan fingerprint density at radius 2 is 1.67 bits per heavy atom. The van der Waals surface area contributed by atoms with E-state index in [1.54, 1.807) is 43.8 Å². The fourth-order valence-corrected chi connectivity index (χ4v) is 6.60. The first-order chi connectivity index (χ1) is 20.2. The number of hydrogen-bond donors (Lipinski definition) is 0. The average molecular weight is 622 g/mol. The Morgan fingerprint density at radius 1 is 0.905 bits per heavy atom. The van der Waals surface area contributed by atoms with Crippen LogP contribution < -0.4 is 9.47 Å². The van der Waals surface area contributed by atoms with E-state index >= 15 is 0 Å². The Hall–Kier alpha value is -3.63. The van der Waals surface area contributed by atoms with Crippen molar-refractivity contribution in [2.45, 2.75) is 17.9 Å². The molecule has 5 rings (SSSR count). The SMILES string of the molecule is COc1ccc(CCN(C)Cc2cc(-c3ccc(-c4cccc(S(C)(=O)=O)c4)s3)n(-c3ccccc3Cl)n2)cc1OC. The van der Waals surface area contributed by atoms with E-state index < -0.39 is 9.84 Å². The molecular weight excluding hydrogens is 590 g/mol. The molecule has 0 atom stereocenters. The molecule has 0 aliphatic rings. The fourth-order valence-electron chi connectivity index (χ4n) is 4.71. The number of aromatic nitrogens is 2. The number of nitrogens with zero attached hydrogens (tertiary/aromatic N) is 3. The highest BCUT2D eigenvalue weighted by molar-refractivity contribution is 7.90. The molecule has 0 fully saturated rings. The first-order valence-corrected chi connectivity index (χ1v) is 16.4. The number of hydrogen-bond acceptors (Lipinski definition) is 7. The van der Waals surface area contributed by atoms with E-state index in [9.17, 15) is 8.42 Å². The highest BCUT2D eigenvalue weighted by Gasteiger charge is 2.18. The Labute approximate surface area is 255 Å². The van der Waals surface area contributed by atoms with Gasteiger partial charge in [-0.3, -0.25) is 0 Å². The van der Waals surface area contributed by atoms with Crippen LogP contribution in [0, 0.1) is 0 Å². The summed E-state index contributed by atoms with van der Waals surface area (Å²) in [4.78, 5) is 4.50. The van der Waals surface area contributed by atoms with Crippen LogP contribution in [0.5, 0.6) is 11.5 Å². The molecule has 2 heterocycles. The average Bonchev–Trinajstić information content (AvgIpc) is 3.63. The van der Waals surface area contributed by atoms with Crippen LogP contribution in [0.3, 0.4) is 0 Å². The van der Waals surface area contributed by atoms with Crippen LogP contribution in [-0.4, -0.2) is 57.2 Å². The van der Waals surface area contributed by atoms with E-state index in [1.807, 2.05) is 59.3 Å². The van der Waals surface area contributed by atoms with E-state index in [-0.39, 0.29) is 0 Å². The molecule has 7 nitrogen and oxygen atoms in total. The van der Waals surface area contributed by atoms with Crippen LogP contribution in [0.1, 0.15) is 11.3 Å². The van der Waals surface area contributed by atoms with Gasteiger partial charge >= 0.3 is 0 Å². The molecule has 0 spiro atoms. The summed E-state index contributed by atoms with van der Waals surface area (Å²) >= 11 is 8.20. The molecule has 0 amide bonds. The summed E-state index contributed by atoms with van der Waals surface area (Å²) in [5.41, 5.74) is 4.64. The van der Waals surface area contributed by atoms with Crippen LogP contribution >= 0.6 is 22.9 Å². The number of halogens is 1. The molecule has 0 N–H and O–H groups in total. The van der Waals surface area contributed by atoms with Crippen molar-refractivity contribution >= 4 is 32.8 Å². The lowest BCUT2D eigenvalue weighted by Gasteiger charge is -2.16. The second-order valence-corrected chi connectivity index (χ2v) is 13.5. The zero-order valence-electron chi connectivity index (χ0n) is 23.9. The number of methoxy groups -OCH3 is 2. The third kappa shape index (κ3) is 6.71. The van der Waals surface area contributed by atoms with E-state index in [2.05, 4.69) is 24.1 Å². The molecule has 218 valence electrons. The third-order valence-electron chi connectivity index (χ3n) is 6.91. The van der Waals surface area contributed by atoms with Crippen molar-refractivity contribution in [1.29, 1.82) is 0 Å². The predicted octanol–water partition coefficient (Wildman–Crippen LogP) is 7.02. The van der Waals surface area contributed by atoms with Crippen LogP contribution in [0.15, 0.2) is 89.8 Å². The largest absolute Gasteiger partial charge is 0.493 e. The molecule has 2 aromatic heterocycles. The number of thiophene rings is 1. The lowest BCUT2D eigenvalue weighted by molar-refractivity contribution is 0.325. The Kier molecular flexibility index (Phi) is 9.03. The molecule has 10 heteroatoms. The van der Waals surface area contributed by atoms with Gasteiger partial charge in [-0.2, -0.15) is 5.10 Å². The van der Waals surface area contributed by atoms with Gasteiger partial charge in [0.25, 0.3) is 0 Å². The molecule has 0 saturated heterocycles. The van der Waals surface area contributed by atoms with Gasteiger partial charge in [0.2, 0.25) is 0 Å². The zero-order valence-corrected chi connectivity index (χ0v) is 26.3. The van der Waals surface area contributed by atoms with E-state index in [4.69, 9.17) is 26.2 Å². The molecule has 0 bridgehead atoms. The topological polar surface area (TPSA) is 73.7 Å². The quantitative estimate of drug-likeness (QED) is 0.158. The van der Waals surface area contributed by atoms with E-state index in [0.717, 1.165) is 56.7 Å². The molecular formula is C32H32ClN3O4S2. The van der Waals surface area contributed by atoms with Gasteiger partial charge < -0.3 is 14.4 Å². The van der Waals surface area contributed by atoms with Gasteiger partial charge in [0.05, 0.1) is 46.1 Å². The monoisotopic (exact) mass is 621 g/mol. The number of sulfone groups is 1. The van der Waals surface area contributed by atoms with Crippen molar-refractivity contribution in [3.05, 3.63) is 101 Å². The molecule has 0 aliphatic heterocycles. The predicted molar refractivity (Wildman–Crippen MR) is 170 cm³/mol. The second-order valence-electron chi connectivity index (χ2n) is 10.0. The van der Waals surface area contributed by atoms with Crippen molar-refractivity contribution < 1.29 is 17.9 Å². The lowest BCUT2D eigenvalue weighted by Crippen LogP contribution is -2.21. The van der Waals surface area contributed by atoms with Gasteiger partial charge in [-0.1, -0.05) is 41.9 Å². The molecule has 42 heavy (non-hydrogen) atoms. The molecule has 0 radical (unpaired) electrons. The van der Waals surface area contributed by atoms with Gasteiger partial charge in [-0.25, -0.2) is 13.1 Å². The normalized spacial score (nSPS) is 11.7. The maximum atomic E-state index is 12.1. The standard InChI is InChI=1S/C32H32ClN3O4S2/c1-35(17-16-22-12-13-29(39-2)30(18-22)40-3)21-24-20-28(36(34-24)27-11-6-5-10-26(27)33)32-15-14-31(41-32)23-8-7-9-25(19-23)42(4,37)38/h5-15,18-20H,16-17,21H2,1-4H3. The lowest BCUT2D eigenvalue weighted by atomic mass is 10.1. The highest BCUT2D eigenvalue weighted by atomic mass is 35.5. The summed E-state index contributed by atoms with van der Waals surface area (Å²) in [5.74, 6) is 1.44. The van der Waals surface area contributed by atoms with Gasteiger partial charge in [0.1, 0.15) is 0 Å². The molecule has 5 aromatic rings. The van der Waals surface area contributed by atoms with Crippen molar-refractivity contribution in [3.8, 4) is 38.2 Å². The second kappa shape index (κ2) is 12.7. The van der Waals surface area contributed by atoms with Gasteiger partial charge in [-0.05, 0) is 79.2 Å². The first kappa shape index (κ1) is 29.8. The maximum absolute atomic E-state index is 12.1. The summed E-state index contributed by atoms with van der Waals surface area (Å²) in [6, 6.07) is 26.8.